The lowest BCUT2D eigenvalue weighted by atomic mass is 9.40. The summed E-state index contributed by atoms with van der Waals surface area (Å²) >= 11 is 0. The molecule has 20 heteroatoms. The molecule has 10 aliphatic rings. The number of hydrogen-bond acceptors (Lipinski definition) is 17. The molecule has 492 valence electrons. The number of guanidine groups is 1. The first kappa shape index (κ1) is 65.7. The molecule has 90 heavy (non-hydrogen) atoms. The van der Waals surface area contributed by atoms with Crippen molar-refractivity contribution >= 4 is 45.1 Å². The molecule has 15 N–H and O–H groups in total. The van der Waals surface area contributed by atoms with Crippen LogP contribution in [0.25, 0.3) is 0 Å². The van der Waals surface area contributed by atoms with Crippen molar-refractivity contribution in [2.24, 2.45) is 104 Å². The minimum Gasteiger partial charge on any atom is -0.508 e. The number of allylic oxidation sites excluding steroid dienone is 3. The number of esters is 1. The minimum atomic E-state index is -2.11. The van der Waals surface area contributed by atoms with E-state index in [4.69, 9.17) is 16.2 Å². The number of Topliss-reactive ketones (excluding diaryl/α,β-unsaturated/α-hetero) is 2. The zero-order valence-electron chi connectivity index (χ0n) is 52.4. The zero-order valence-corrected chi connectivity index (χ0v) is 54.0. The molecule has 23 atom stereocenters. The Morgan fingerprint density at radius 3 is 2.39 bits per heavy atom. The van der Waals surface area contributed by atoms with E-state index in [1.165, 1.54) is 27.2 Å². The summed E-state index contributed by atoms with van der Waals surface area (Å²) in [4.78, 5) is 53.9. The van der Waals surface area contributed by atoms with E-state index in [2.05, 4.69) is 40.1 Å². The van der Waals surface area contributed by atoms with Gasteiger partial charge in [-0.3, -0.25) is 19.4 Å². The van der Waals surface area contributed by atoms with Crippen molar-refractivity contribution in [3.05, 3.63) is 76.8 Å². The van der Waals surface area contributed by atoms with Crippen molar-refractivity contribution in [1.29, 1.82) is 0 Å². The van der Waals surface area contributed by atoms with E-state index in [-0.39, 0.29) is 104 Å². The predicted octanol–water partition coefficient (Wildman–Crippen LogP) is 6.48. The standard InChI is InChI=1S/C70H97N5O13S2/c1-4-54-56(57(65(85)88-54)41-21-24-73-32-41)39-8-7-9-40-30-70(87)59-50(20-22-68(70,23-25-74-66(71)72)63(40)67(3,86)55(80)29-48(64(83)84)45-19-16-38-13-12-36(2)26-46(38)47(45)27-39)69(43-10-5-6-11-43)31-53(79)61(81)49-35-90-89-34-42(37-14-17-44(77)18-15-37)28-52(78)51(33-76)75-60(59)62(82)58(49)69/h14-18,21,24,32,36,39-40,42-43,45-51,53-58,61,63-64,73,75-77,79-81,83-84,86-87H,4-6,9-13,19-20,22-23,25-31,33-35H2,1-3H3,(H4,71,72,74)/t36-,39+,40-,42-,45+,46+,47-,48+,49+,50-,51+,53-,54-,55+,56+,57-,58-,61+,63+,67-,68-,69-,70+/m0/s1. The lowest BCUT2D eigenvalue weighted by Crippen LogP contribution is -2.69. The number of carbonyl (C=O) groups excluding carboxylic acids is 3. The SMILES string of the molecule is CC[C@@H]1OC(=O)[C@@H](c2cc[nH]c2)[C@@H]1[C@@H]1C#CC[C@H]2C[C@@]3(O)C4=C5N[C@H](CO)C(=O)C[C@H](c6ccc(O)cc6)CSSC[C@H]6[C@@H](O)[C@@H](O)C[C@@](C7CCCC7)([C@@H]6C5=O)[C@H]4CC[C@]3(CCN=C(N)N)[C@H]2[C@@](C)(O)[C@H](O)C[C@@H](C(O)O)[C@@H]2CC=C3CC[C@H](C)C[C@H]3[C@H]2C1. The molecule has 2 aliphatic heterocycles. The van der Waals surface area contributed by atoms with Crippen molar-refractivity contribution in [2.45, 2.75) is 196 Å². The third-order valence-corrected chi connectivity index (χ3v) is 27.7. The van der Waals surface area contributed by atoms with Gasteiger partial charge < -0.3 is 72.5 Å². The van der Waals surface area contributed by atoms with Crippen LogP contribution in [0.1, 0.15) is 159 Å². The van der Waals surface area contributed by atoms with Gasteiger partial charge >= 0.3 is 5.97 Å². The average Bonchev–Trinajstić information content (AvgIpc) is 1.30. The number of ether oxygens (including phenoxy) is 1. The van der Waals surface area contributed by atoms with Crippen molar-refractivity contribution in [3.63, 3.8) is 0 Å². The number of carbonyl (C=O) groups is 3. The van der Waals surface area contributed by atoms with Crippen LogP contribution < -0.4 is 16.8 Å². The number of phenols is 1. The highest BCUT2D eigenvalue weighted by Crippen LogP contribution is 2.75. The molecule has 1 aromatic carbocycles. The fourth-order valence-corrected chi connectivity index (χ4v) is 24.1. The van der Waals surface area contributed by atoms with Crippen LogP contribution in [-0.4, -0.2) is 147 Å². The number of aromatic nitrogens is 1. The van der Waals surface area contributed by atoms with Gasteiger partial charge in [-0.2, -0.15) is 0 Å². The van der Waals surface area contributed by atoms with Crippen LogP contribution in [-0.2, 0) is 19.1 Å². The van der Waals surface area contributed by atoms with E-state index in [9.17, 15) is 45.6 Å². The number of H-pyrrole nitrogens is 1. The van der Waals surface area contributed by atoms with Crippen LogP contribution in [0.3, 0.4) is 0 Å². The Morgan fingerprint density at radius 1 is 0.933 bits per heavy atom. The van der Waals surface area contributed by atoms with Gasteiger partial charge in [0, 0.05) is 90.1 Å². The molecule has 18 nitrogen and oxygen atoms in total. The zero-order chi connectivity index (χ0) is 63.8. The van der Waals surface area contributed by atoms with E-state index in [0.717, 1.165) is 56.1 Å². The molecule has 0 spiro atoms. The Morgan fingerprint density at radius 2 is 1.69 bits per heavy atom. The third kappa shape index (κ3) is 11.3. The van der Waals surface area contributed by atoms with Crippen molar-refractivity contribution in [1.82, 2.24) is 10.3 Å². The Kier molecular flexibility index (Phi) is 19.0. The molecule has 0 radical (unpaired) electrons. The lowest BCUT2D eigenvalue weighted by molar-refractivity contribution is -0.207. The van der Waals surface area contributed by atoms with Crippen LogP contribution in [0.5, 0.6) is 5.75 Å². The highest BCUT2D eigenvalue weighted by Gasteiger charge is 2.76. The molecule has 5 saturated carbocycles. The molecule has 8 aliphatic carbocycles. The largest absolute Gasteiger partial charge is 0.508 e. The molecule has 0 amide bonds. The summed E-state index contributed by atoms with van der Waals surface area (Å²) in [6, 6.07) is 7.23. The number of aromatic amines is 1. The lowest BCUT2D eigenvalue weighted by Gasteiger charge is -2.66. The van der Waals surface area contributed by atoms with Gasteiger partial charge in [0.25, 0.3) is 0 Å². The third-order valence-electron chi connectivity index (χ3n) is 25.1. The first-order chi connectivity index (χ1) is 43.1. The second-order valence-corrected chi connectivity index (χ2v) is 32.0. The number of cyclic esters (lactones) is 1. The van der Waals surface area contributed by atoms with E-state index >= 15 is 14.7 Å². The van der Waals surface area contributed by atoms with Gasteiger partial charge in [0.2, 0.25) is 0 Å². The Hall–Kier alpha value is -4.40. The number of benzene rings is 1. The summed E-state index contributed by atoms with van der Waals surface area (Å²) < 4.78 is 6.31. The molecular weight excluding hydrogens is 1180 g/mol. The number of aliphatic hydroxyl groups is 8. The highest BCUT2D eigenvalue weighted by molar-refractivity contribution is 8.76. The van der Waals surface area contributed by atoms with Gasteiger partial charge in [0.1, 0.15) is 17.9 Å². The number of aliphatic hydroxyl groups excluding tert-OH is 5. The Bertz CT molecular complexity index is 3120. The normalized spacial score (nSPS) is 43.3. The topological polar surface area (TPSA) is 335 Å². The van der Waals surface area contributed by atoms with Gasteiger partial charge in [0.15, 0.2) is 23.8 Å². The molecule has 1 aromatic heterocycles. The van der Waals surface area contributed by atoms with Crippen LogP contribution in [0.15, 0.2) is 70.6 Å². The van der Waals surface area contributed by atoms with Gasteiger partial charge in [-0.25, -0.2) is 0 Å². The molecule has 2 bridgehead atoms. The number of aromatic hydroxyl groups is 1. The fourth-order valence-electron chi connectivity index (χ4n) is 21.3. The monoisotopic (exact) mass is 1280 g/mol. The predicted molar refractivity (Wildman–Crippen MR) is 343 cm³/mol. The summed E-state index contributed by atoms with van der Waals surface area (Å²) in [5.74, 6) is -0.196. The van der Waals surface area contributed by atoms with E-state index < -0.39 is 136 Å². The van der Waals surface area contributed by atoms with Crippen LogP contribution in [0.4, 0.5) is 0 Å². The Balaban J connectivity index is 1.07. The quantitative estimate of drug-likeness (QED) is 0.0230. The highest BCUT2D eigenvalue weighted by atomic mass is 33.1. The van der Waals surface area contributed by atoms with Crippen LogP contribution in [0, 0.1) is 99.6 Å². The summed E-state index contributed by atoms with van der Waals surface area (Å²) in [5, 5.41) is 116. The molecule has 12 rings (SSSR count). The number of aliphatic imine (C=N–C) groups is 1. The summed E-state index contributed by atoms with van der Waals surface area (Å²) in [6.07, 6.45) is 7.31. The number of ketones is 2. The van der Waals surface area contributed by atoms with Crippen molar-refractivity contribution in [3.8, 4) is 17.6 Å². The summed E-state index contributed by atoms with van der Waals surface area (Å²) in [5.41, 5.74) is 8.83. The fraction of sp³-hybridized carbons (Fsp3) is 0.714. The summed E-state index contributed by atoms with van der Waals surface area (Å²) in [7, 11) is 3.00. The maximum Gasteiger partial charge on any atom is 0.314 e. The minimum absolute atomic E-state index is 0.0187. The first-order valence-corrected chi connectivity index (χ1v) is 36.2. The number of nitrogens with one attached hydrogen (secondary N) is 2. The molecule has 2 aromatic rings. The average molecular weight is 1280 g/mol. The van der Waals surface area contributed by atoms with Gasteiger partial charge in [-0.1, -0.05) is 78.0 Å². The van der Waals surface area contributed by atoms with E-state index in [0.29, 0.717) is 42.9 Å². The molecule has 3 heterocycles. The smallest absolute Gasteiger partial charge is 0.314 e. The van der Waals surface area contributed by atoms with Gasteiger partial charge in [-0.15, -0.1) is 5.92 Å². The van der Waals surface area contributed by atoms with Crippen LogP contribution in [0.2, 0.25) is 0 Å². The molecule has 0 unspecified atom stereocenters. The molecule has 7 fully saturated rings. The number of nitrogens with zero attached hydrogens (tertiary/aromatic N) is 1. The number of fused-ring (bicyclic) bond motifs is 10. The molecular formula is C70H97N5O13S2. The molecule has 2 saturated heterocycles. The number of rotatable bonds is 10. The second kappa shape index (κ2) is 26.1. The van der Waals surface area contributed by atoms with Crippen LogP contribution >= 0.6 is 21.6 Å². The first-order valence-electron chi connectivity index (χ1n) is 33.7. The Labute approximate surface area is 537 Å². The number of hydrogen-bond donors (Lipinski definition) is 13. The second-order valence-electron chi connectivity index (χ2n) is 29.5. The number of phenolic OH excluding ortho intramolecular Hbond substituents is 1. The van der Waals surface area contributed by atoms with Gasteiger partial charge in [-0.05, 0) is 179 Å². The summed E-state index contributed by atoms with van der Waals surface area (Å²) in [6.45, 7) is 5.10. The maximum absolute atomic E-state index is 16.8. The van der Waals surface area contributed by atoms with E-state index in [1.54, 1.807) is 37.4 Å². The van der Waals surface area contributed by atoms with Gasteiger partial charge in [0.05, 0.1) is 47.7 Å². The van der Waals surface area contributed by atoms with E-state index in [1.807, 2.05) is 19.2 Å². The number of nitrogens with two attached hydrogens (primary N) is 2. The van der Waals surface area contributed by atoms with Crippen molar-refractivity contribution in [2.75, 3.05) is 24.7 Å². The maximum atomic E-state index is 16.8. The van der Waals surface area contributed by atoms with Crippen molar-refractivity contribution < 1.29 is 65.1 Å².